The predicted molar refractivity (Wildman–Crippen MR) is 121 cm³/mol. The van der Waals surface area contributed by atoms with E-state index in [1.54, 1.807) is 29.2 Å². The molecule has 0 aliphatic carbocycles. The van der Waals surface area contributed by atoms with Gasteiger partial charge < -0.3 is 19.9 Å². The lowest BCUT2D eigenvalue weighted by molar-refractivity contribution is 0.127. The Morgan fingerprint density at radius 2 is 1.84 bits per heavy atom. The molecular formula is C25H34FN3O2. The molecular weight excluding hydrogens is 393 g/mol. The molecule has 168 valence electrons. The van der Waals surface area contributed by atoms with Crippen molar-refractivity contribution in [2.75, 3.05) is 26.7 Å². The molecule has 2 amide bonds. The van der Waals surface area contributed by atoms with Gasteiger partial charge in [-0.1, -0.05) is 38.0 Å². The lowest BCUT2D eigenvalue weighted by Crippen LogP contribution is -2.49. The third-order valence-corrected chi connectivity index (χ3v) is 5.32. The van der Waals surface area contributed by atoms with Crippen LogP contribution in [0, 0.1) is 11.7 Å². The number of carbonyl (C=O) groups is 1. The van der Waals surface area contributed by atoms with E-state index in [1.165, 1.54) is 24.3 Å². The van der Waals surface area contributed by atoms with Gasteiger partial charge in [0.15, 0.2) is 0 Å². The molecule has 0 saturated carbocycles. The van der Waals surface area contributed by atoms with Gasteiger partial charge in [0, 0.05) is 27.4 Å². The first kappa shape index (κ1) is 14.5. The number of amides is 2. The lowest BCUT2D eigenvalue weighted by atomic mass is 10.0. The Balaban J connectivity index is 1.66. The van der Waals surface area contributed by atoms with Crippen molar-refractivity contribution < 1.29 is 24.9 Å². The summed E-state index contributed by atoms with van der Waals surface area (Å²) in [4.78, 5) is 17.2. The number of rotatable bonds is 8. The molecule has 1 N–H and O–H groups in total. The quantitative estimate of drug-likeness (QED) is 0.656. The summed E-state index contributed by atoms with van der Waals surface area (Å²) >= 11 is 0. The standard InChI is InChI=1S/C25H34FN3O2/c1-19(2)18-31-24-10-6-20(7-11-24)16-27-25(30)29(23-12-14-28(3)15-13-23)17-21-4-8-22(26)9-5-21/h4-11,19,23H,12-18H2,1-3H3,(H,27,30)/i1D3,2D3,18D2. The molecule has 1 aliphatic heterocycles. The van der Waals surface area contributed by atoms with Gasteiger partial charge in [-0.3, -0.25) is 0 Å². The maximum absolute atomic E-state index is 13.4. The van der Waals surface area contributed by atoms with Crippen molar-refractivity contribution >= 4 is 6.03 Å². The minimum atomic E-state index is -3.10. The number of likely N-dealkylation sites (tertiary alicyclic amines) is 1. The van der Waals surface area contributed by atoms with Crippen LogP contribution in [-0.4, -0.2) is 48.6 Å². The number of halogens is 1. The van der Waals surface area contributed by atoms with Gasteiger partial charge in [0.2, 0.25) is 0 Å². The van der Waals surface area contributed by atoms with E-state index in [0.29, 0.717) is 12.1 Å². The van der Waals surface area contributed by atoms with Gasteiger partial charge in [-0.05, 0) is 74.3 Å². The second-order valence-corrected chi connectivity index (χ2v) is 7.74. The molecule has 2 aromatic carbocycles. The number of ether oxygens (including phenoxy) is 1. The van der Waals surface area contributed by atoms with E-state index in [-0.39, 0.29) is 30.2 Å². The van der Waals surface area contributed by atoms with Crippen molar-refractivity contribution in [2.24, 2.45) is 5.92 Å². The van der Waals surface area contributed by atoms with E-state index in [0.717, 1.165) is 31.5 Å². The van der Waals surface area contributed by atoms with Crippen molar-refractivity contribution in [2.45, 2.75) is 45.7 Å². The number of nitrogens with zero attached hydrogens (tertiary/aromatic N) is 2. The second-order valence-electron chi connectivity index (χ2n) is 7.74. The fourth-order valence-corrected chi connectivity index (χ4v) is 3.54. The molecule has 0 unspecified atom stereocenters. The highest BCUT2D eigenvalue weighted by Gasteiger charge is 2.27. The van der Waals surface area contributed by atoms with Crippen LogP contribution in [0.25, 0.3) is 0 Å². The molecule has 3 rings (SSSR count). The van der Waals surface area contributed by atoms with Gasteiger partial charge in [-0.15, -0.1) is 0 Å². The second kappa shape index (κ2) is 11.1. The van der Waals surface area contributed by atoms with Gasteiger partial charge in [-0.2, -0.15) is 0 Å². The van der Waals surface area contributed by atoms with E-state index in [4.69, 9.17) is 15.7 Å². The molecule has 1 fully saturated rings. The lowest BCUT2D eigenvalue weighted by Gasteiger charge is -2.37. The van der Waals surface area contributed by atoms with Crippen molar-refractivity contribution in [1.29, 1.82) is 0 Å². The summed E-state index contributed by atoms with van der Waals surface area (Å²) in [6, 6.07) is 11.7. The largest absolute Gasteiger partial charge is 0.493 e. The molecule has 5 nitrogen and oxygen atoms in total. The SMILES string of the molecule is [2H]C([2H])([2H])C(C([2H])([2H])[2H])C([2H])([2H])Oc1ccc(CNC(=O)N(Cc2ccc(F)cc2)C2CCN(C)CC2)cc1. The highest BCUT2D eigenvalue weighted by atomic mass is 19.1. The van der Waals surface area contributed by atoms with E-state index < -0.39 is 26.2 Å². The summed E-state index contributed by atoms with van der Waals surface area (Å²) in [5.41, 5.74) is 1.48. The van der Waals surface area contributed by atoms with Gasteiger partial charge in [0.05, 0.1) is 9.30 Å². The molecule has 6 heteroatoms. The highest BCUT2D eigenvalue weighted by Crippen LogP contribution is 2.19. The zero-order valence-corrected chi connectivity index (χ0v) is 17.6. The summed E-state index contributed by atoms with van der Waals surface area (Å²) in [7, 11) is 2.03. The third-order valence-electron chi connectivity index (χ3n) is 5.32. The van der Waals surface area contributed by atoms with Crippen LogP contribution in [0.3, 0.4) is 0 Å². The first-order chi connectivity index (χ1) is 18.1. The normalized spacial score (nSPS) is 20.2. The Morgan fingerprint density at radius 3 is 2.48 bits per heavy atom. The van der Waals surface area contributed by atoms with Crippen molar-refractivity contribution in [1.82, 2.24) is 15.1 Å². The predicted octanol–water partition coefficient (Wildman–Crippen LogP) is 4.67. The minimum Gasteiger partial charge on any atom is -0.493 e. The number of benzene rings is 2. The number of nitrogens with one attached hydrogen (secondary N) is 1. The molecule has 0 bridgehead atoms. The molecule has 2 aromatic rings. The first-order valence-corrected chi connectivity index (χ1v) is 10.3. The average Bonchev–Trinajstić information content (AvgIpc) is 2.81. The van der Waals surface area contributed by atoms with Crippen LogP contribution in [0.5, 0.6) is 5.75 Å². The summed E-state index contributed by atoms with van der Waals surface area (Å²) in [6.45, 7) is -6.99. The topological polar surface area (TPSA) is 44.8 Å². The molecule has 1 heterocycles. The van der Waals surface area contributed by atoms with Crippen LogP contribution in [0.2, 0.25) is 0 Å². The fourth-order valence-electron chi connectivity index (χ4n) is 3.54. The summed E-state index contributed by atoms with van der Waals surface area (Å²) in [6.07, 6.45) is 1.62. The van der Waals surface area contributed by atoms with Crippen LogP contribution in [-0.2, 0) is 13.1 Å². The van der Waals surface area contributed by atoms with Crippen LogP contribution in [0.1, 0.15) is 48.6 Å². The smallest absolute Gasteiger partial charge is 0.318 e. The summed E-state index contributed by atoms with van der Waals surface area (Å²) in [5.74, 6) is -2.73. The number of hydrogen-bond acceptors (Lipinski definition) is 3. The summed E-state index contributed by atoms with van der Waals surface area (Å²) in [5, 5.41) is 2.90. The Bertz CT molecular complexity index is 1070. The Labute approximate surface area is 196 Å². The number of carbonyl (C=O) groups excluding carboxylic acids is 1. The van der Waals surface area contributed by atoms with Crippen LogP contribution in [0.15, 0.2) is 48.5 Å². The molecule has 0 atom stereocenters. The molecule has 0 spiro atoms. The first-order valence-electron chi connectivity index (χ1n) is 14.3. The Morgan fingerprint density at radius 1 is 1.19 bits per heavy atom. The Hall–Kier alpha value is -2.60. The maximum atomic E-state index is 13.4. The zero-order chi connectivity index (χ0) is 29.0. The van der Waals surface area contributed by atoms with Crippen molar-refractivity contribution in [3.05, 3.63) is 65.5 Å². The highest BCUT2D eigenvalue weighted by molar-refractivity contribution is 5.74. The van der Waals surface area contributed by atoms with Gasteiger partial charge >= 0.3 is 6.03 Å². The van der Waals surface area contributed by atoms with E-state index in [9.17, 15) is 9.18 Å². The molecule has 1 saturated heterocycles. The summed E-state index contributed by atoms with van der Waals surface area (Å²) < 4.78 is 79.5. The number of piperidine rings is 1. The van der Waals surface area contributed by atoms with Crippen molar-refractivity contribution in [3.63, 3.8) is 0 Å². The molecule has 31 heavy (non-hydrogen) atoms. The monoisotopic (exact) mass is 435 g/mol. The number of hydrogen-bond donors (Lipinski definition) is 1. The van der Waals surface area contributed by atoms with E-state index in [1.807, 2.05) is 7.05 Å². The van der Waals surface area contributed by atoms with Crippen molar-refractivity contribution in [3.8, 4) is 5.75 Å². The fraction of sp³-hybridized carbons (Fsp3) is 0.480. The van der Waals surface area contributed by atoms with Gasteiger partial charge in [0.1, 0.15) is 11.6 Å². The number of urea groups is 1. The third kappa shape index (κ3) is 7.24. The average molecular weight is 436 g/mol. The Kier molecular flexibility index (Phi) is 5.20. The molecule has 0 aromatic heterocycles. The molecule has 0 radical (unpaired) electrons. The van der Waals surface area contributed by atoms with Crippen LogP contribution < -0.4 is 10.1 Å². The van der Waals surface area contributed by atoms with E-state index in [2.05, 4.69) is 10.2 Å². The minimum absolute atomic E-state index is 0.0219. The van der Waals surface area contributed by atoms with Gasteiger partial charge in [-0.25, -0.2) is 9.18 Å². The van der Waals surface area contributed by atoms with Crippen LogP contribution >= 0.6 is 0 Å². The van der Waals surface area contributed by atoms with Crippen LogP contribution in [0.4, 0.5) is 9.18 Å². The van der Waals surface area contributed by atoms with E-state index >= 15 is 0 Å². The molecule has 1 aliphatic rings. The maximum Gasteiger partial charge on any atom is 0.318 e. The zero-order valence-electron chi connectivity index (χ0n) is 25.6. The van der Waals surface area contributed by atoms with Gasteiger partial charge in [0.25, 0.3) is 0 Å².